The molecule has 2 atom stereocenters. The van der Waals surface area contributed by atoms with Crippen LogP contribution in [0.5, 0.6) is 0 Å². The predicted octanol–water partition coefficient (Wildman–Crippen LogP) is 0.446. The van der Waals surface area contributed by atoms with Crippen molar-refractivity contribution in [3.05, 3.63) is 0 Å². The van der Waals surface area contributed by atoms with Crippen LogP contribution in [0.3, 0.4) is 0 Å². The number of rotatable bonds is 5. The molecule has 2 unspecified atom stereocenters. The Balaban J connectivity index is 1.57. The third kappa shape index (κ3) is 2.87. The second kappa shape index (κ2) is 4.74. The Labute approximate surface area is 109 Å². The third-order valence-corrected chi connectivity index (χ3v) is 6.01. The van der Waals surface area contributed by atoms with Gasteiger partial charge in [0.25, 0.3) is 10.2 Å². The molecular formula is C12H23N3O2S. The lowest BCUT2D eigenvalue weighted by molar-refractivity contribution is 0.336. The SMILES string of the molecule is CN(CC1CC1)S(=O)(=O)NC1CC2CCC(C1)N2. The van der Waals surface area contributed by atoms with Gasteiger partial charge in [-0.05, 0) is 44.4 Å². The Morgan fingerprint density at radius 2 is 1.78 bits per heavy atom. The molecule has 2 aliphatic heterocycles. The zero-order valence-corrected chi connectivity index (χ0v) is 11.7. The molecule has 104 valence electrons. The zero-order valence-electron chi connectivity index (χ0n) is 10.9. The van der Waals surface area contributed by atoms with Gasteiger partial charge in [0.15, 0.2) is 0 Å². The molecule has 2 N–H and O–H groups in total. The number of fused-ring (bicyclic) bond motifs is 2. The molecule has 0 aromatic heterocycles. The normalized spacial score (nSPS) is 36.2. The molecule has 2 saturated heterocycles. The molecule has 5 nitrogen and oxygen atoms in total. The van der Waals surface area contributed by atoms with E-state index in [0.717, 1.165) is 12.8 Å². The second-order valence-electron chi connectivity index (χ2n) is 6.15. The molecule has 18 heavy (non-hydrogen) atoms. The Hall–Kier alpha value is -0.170. The van der Waals surface area contributed by atoms with Gasteiger partial charge in [0.1, 0.15) is 0 Å². The van der Waals surface area contributed by atoms with E-state index in [1.807, 2.05) is 0 Å². The first kappa shape index (κ1) is 12.8. The minimum Gasteiger partial charge on any atom is -0.311 e. The lowest BCUT2D eigenvalue weighted by atomic mass is 10.0. The van der Waals surface area contributed by atoms with E-state index >= 15 is 0 Å². The second-order valence-corrected chi connectivity index (χ2v) is 7.96. The molecular weight excluding hydrogens is 250 g/mol. The maximum absolute atomic E-state index is 12.2. The Morgan fingerprint density at radius 3 is 2.33 bits per heavy atom. The average molecular weight is 273 g/mol. The minimum atomic E-state index is -3.28. The van der Waals surface area contributed by atoms with Crippen LogP contribution in [0, 0.1) is 5.92 Å². The number of nitrogens with one attached hydrogen (secondary N) is 2. The summed E-state index contributed by atoms with van der Waals surface area (Å²) in [5.41, 5.74) is 0. The van der Waals surface area contributed by atoms with Crippen LogP contribution in [-0.4, -0.2) is 44.4 Å². The summed E-state index contributed by atoms with van der Waals surface area (Å²) >= 11 is 0. The molecule has 0 amide bonds. The van der Waals surface area contributed by atoms with Crippen LogP contribution in [0.15, 0.2) is 0 Å². The summed E-state index contributed by atoms with van der Waals surface area (Å²) in [5.74, 6) is 0.593. The van der Waals surface area contributed by atoms with E-state index < -0.39 is 10.2 Å². The van der Waals surface area contributed by atoms with E-state index in [-0.39, 0.29) is 6.04 Å². The highest BCUT2D eigenvalue weighted by atomic mass is 32.2. The van der Waals surface area contributed by atoms with E-state index in [0.29, 0.717) is 24.5 Å². The first-order valence-electron chi connectivity index (χ1n) is 7.02. The van der Waals surface area contributed by atoms with Crippen molar-refractivity contribution in [1.82, 2.24) is 14.3 Å². The quantitative estimate of drug-likeness (QED) is 0.764. The summed E-state index contributed by atoms with van der Waals surface area (Å²) in [6, 6.07) is 1.16. The van der Waals surface area contributed by atoms with Crippen LogP contribution in [0.1, 0.15) is 38.5 Å². The van der Waals surface area contributed by atoms with Gasteiger partial charge >= 0.3 is 0 Å². The van der Waals surface area contributed by atoms with Gasteiger partial charge in [-0.15, -0.1) is 0 Å². The predicted molar refractivity (Wildman–Crippen MR) is 70.4 cm³/mol. The summed E-state index contributed by atoms with van der Waals surface area (Å²) in [6.45, 7) is 0.674. The smallest absolute Gasteiger partial charge is 0.279 e. The fraction of sp³-hybridized carbons (Fsp3) is 1.00. The molecule has 3 aliphatic rings. The van der Waals surface area contributed by atoms with Crippen LogP contribution in [0.4, 0.5) is 0 Å². The molecule has 0 aromatic rings. The Morgan fingerprint density at radius 1 is 1.17 bits per heavy atom. The number of piperidine rings is 1. The number of hydrogen-bond donors (Lipinski definition) is 2. The van der Waals surface area contributed by atoms with Crippen molar-refractivity contribution in [2.75, 3.05) is 13.6 Å². The van der Waals surface area contributed by atoms with Crippen molar-refractivity contribution in [3.63, 3.8) is 0 Å². The summed E-state index contributed by atoms with van der Waals surface area (Å²) in [6.07, 6.45) is 6.62. The van der Waals surface area contributed by atoms with Crippen LogP contribution in [0.2, 0.25) is 0 Å². The monoisotopic (exact) mass is 273 g/mol. The molecule has 6 heteroatoms. The van der Waals surface area contributed by atoms with Crippen molar-refractivity contribution in [1.29, 1.82) is 0 Å². The molecule has 2 bridgehead atoms. The maximum atomic E-state index is 12.2. The van der Waals surface area contributed by atoms with Gasteiger partial charge in [-0.25, -0.2) is 0 Å². The maximum Gasteiger partial charge on any atom is 0.279 e. The Kier molecular flexibility index (Phi) is 3.38. The molecule has 1 aliphatic carbocycles. The first-order valence-corrected chi connectivity index (χ1v) is 8.46. The average Bonchev–Trinajstić information content (AvgIpc) is 3.03. The van der Waals surface area contributed by atoms with E-state index in [4.69, 9.17) is 0 Å². The van der Waals surface area contributed by atoms with Crippen LogP contribution in [0.25, 0.3) is 0 Å². The van der Waals surface area contributed by atoms with Crippen molar-refractivity contribution in [2.24, 2.45) is 5.92 Å². The standard InChI is InChI=1S/C12H23N3O2S/c1-15(8-9-2-3-9)18(16,17)14-12-6-10-4-5-11(7-12)13-10/h9-14H,2-8H2,1H3. The van der Waals surface area contributed by atoms with Gasteiger partial charge in [0.05, 0.1) is 0 Å². The molecule has 1 saturated carbocycles. The molecule has 0 aromatic carbocycles. The van der Waals surface area contributed by atoms with Crippen molar-refractivity contribution in [2.45, 2.75) is 56.7 Å². The van der Waals surface area contributed by atoms with Gasteiger partial charge in [0, 0.05) is 31.7 Å². The van der Waals surface area contributed by atoms with Gasteiger partial charge in [-0.1, -0.05) is 0 Å². The zero-order chi connectivity index (χ0) is 12.8. The summed E-state index contributed by atoms with van der Waals surface area (Å²) in [4.78, 5) is 0. The van der Waals surface area contributed by atoms with Gasteiger partial charge in [-0.3, -0.25) is 0 Å². The molecule has 3 fully saturated rings. The molecule has 2 heterocycles. The van der Waals surface area contributed by atoms with Crippen molar-refractivity contribution in [3.8, 4) is 0 Å². The summed E-state index contributed by atoms with van der Waals surface area (Å²) < 4.78 is 28.8. The Bertz CT molecular complexity index is 396. The highest BCUT2D eigenvalue weighted by Crippen LogP contribution is 2.30. The van der Waals surface area contributed by atoms with Gasteiger partial charge < -0.3 is 5.32 Å². The summed E-state index contributed by atoms with van der Waals surface area (Å²) in [7, 11) is -1.59. The fourth-order valence-corrected chi connectivity index (χ4v) is 4.42. The molecule has 0 radical (unpaired) electrons. The highest BCUT2D eigenvalue weighted by Gasteiger charge is 2.36. The summed E-state index contributed by atoms with van der Waals surface area (Å²) in [5, 5.41) is 3.53. The largest absolute Gasteiger partial charge is 0.311 e. The van der Waals surface area contributed by atoms with E-state index in [2.05, 4.69) is 10.0 Å². The fourth-order valence-electron chi connectivity index (χ4n) is 3.22. The molecule has 3 rings (SSSR count). The third-order valence-electron chi connectivity index (χ3n) is 4.41. The van der Waals surface area contributed by atoms with Crippen LogP contribution < -0.4 is 10.0 Å². The van der Waals surface area contributed by atoms with Crippen molar-refractivity contribution >= 4 is 10.2 Å². The van der Waals surface area contributed by atoms with Gasteiger partial charge in [-0.2, -0.15) is 17.4 Å². The minimum absolute atomic E-state index is 0.121. The van der Waals surface area contributed by atoms with E-state index in [1.54, 1.807) is 7.05 Å². The van der Waals surface area contributed by atoms with Crippen molar-refractivity contribution < 1.29 is 8.42 Å². The molecule has 0 spiro atoms. The van der Waals surface area contributed by atoms with Crippen LogP contribution >= 0.6 is 0 Å². The topological polar surface area (TPSA) is 61.4 Å². The van der Waals surface area contributed by atoms with E-state index in [9.17, 15) is 8.42 Å². The lowest BCUT2D eigenvalue weighted by Gasteiger charge is -2.30. The first-order chi connectivity index (χ1) is 8.53. The highest BCUT2D eigenvalue weighted by molar-refractivity contribution is 7.87. The number of nitrogens with zero attached hydrogens (tertiary/aromatic N) is 1. The van der Waals surface area contributed by atoms with Crippen LogP contribution in [-0.2, 0) is 10.2 Å². The van der Waals surface area contributed by atoms with E-state index in [1.165, 1.54) is 30.0 Å². The number of hydrogen-bond acceptors (Lipinski definition) is 3. The van der Waals surface area contributed by atoms with Gasteiger partial charge in [0.2, 0.25) is 0 Å². The lowest BCUT2D eigenvalue weighted by Crippen LogP contribution is -2.51.